The van der Waals surface area contributed by atoms with E-state index in [1.165, 1.54) is 30.2 Å². The molecule has 0 saturated carbocycles. The summed E-state index contributed by atoms with van der Waals surface area (Å²) in [4.78, 5) is 27.7. The predicted octanol–water partition coefficient (Wildman–Crippen LogP) is 6.08. The predicted molar refractivity (Wildman–Crippen MR) is 127 cm³/mol. The zero-order valence-corrected chi connectivity index (χ0v) is 19.4. The highest BCUT2D eigenvalue weighted by Gasteiger charge is 2.45. The van der Waals surface area contributed by atoms with Gasteiger partial charge in [0, 0.05) is 23.7 Å². The Morgan fingerprint density at radius 3 is 2.48 bits per heavy atom. The number of benzene rings is 2. The van der Waals surface area contributed by atoms with Crippen molar-refractivity contribution < 1.29 is 23.8 Å². The molecule has 0 radical (unpaired) electrons. The molecular weight excluding hydrogens is 441 g/mol. The molecule has 170 valence electrons. The average molecular weight is 466 g/mol. The maximum Gasteiger partial charge on any atom is 0.294 e. The number of anilines is 1. The summed E-state index contributed by atoms with van der Waals surface area (Å²) >= 11 is 1.59. The Morgan fingerprint density at radius 1 is 1.15 bits per heavy atom. The first kappa shape index (κ1) is 22.7. The number of hydrogen-bond acceptors (Lipinski definition) is 5. The molecule has 4 rings (SSSR count). The minimum atomic E-state index is -0.939. The van der Waals surface area contributed by atoms with E-state index in [-0.39, 0.29) is 29.4 Å². The van der Waals surface area contributed by atoms with Gasteiger partial charge in [-0.3, -0.25) is 14.5 Å². The summed E-state index contributed by atoms with van der Waals surface area (Å²) in [7, 11) is 1.40. The second-order valence-corrected chi connectivity index (χ2v) is 9.09. The van der Waals surface area contributed by atoms with Crippen LogP contribution in [0.2, 0.25) is 0 Å². The van der Waals surface area contributed by atoms with Crippen LogP contribution in [0.1, 0.15) is 31.9 Å². The lowest BCUT2D eigenvalue weighted by atomic mass is 9.91. The van der Waals surface area contributed by atoms with Crippen molar-refractivity contribution in [2.24, 2.45) is 5.92 Å². The van der Waals surface area contributed by atoms with E-state index in [0.717, 1.165) is 11.1 Å². The van der Waals surface area contributed by atoms with Gasteiger partial charge in [0.25, 0.3) is 5.91 Å². The normalized spacial score (nSPS) is 16.1. The van der Waals surface area contributed by atoms with E-state index in [0.29, 0.717) is 11.3 Å². The van der Waals surface area contributed by atoms with Crippen molar-refractivity contribution in [3.8, 4) is 16.9 Å². The molecule has 2 heterocycles. The molecule has 0 bridgehead atoms. The first-order valence-corrected chi connectivity index (χ1v) is 11.5. The maximum absolute atomic E-state index is 13.9. The molecule has 0 spiro atoms. The number of rotatable bonds is 7. The summed E-state index contributed by atoms with van der Waals surface area (Å²) in [6, 6.07) is 12.3. The van der Waals surface area contributed by atoms with E-state index in [9.17, 15) is 19.1 Å². The van der Waals surface area contributed by atoms with Crippen molar-refractivity contribution in [2.45, 2.75) is 26.3 Å². The number of methoxy groups -OCH3 is 1. The van der Waals surface area contributed by atoms with Crippen LogP contribution in [-0.4, -0.2) is 23.9 Å². The number of nitrogens with zero attached hydrogens (tertiary/aromatic N) is 1. The van der Waals surface area contributed by atoms with Gasteiger partial charge in [-0.15, -0.1) is 0 Å². The van der Waals surface area contributed by atoms with Crippen molar-refractivity contribution in [2.75, 3.05) is 12.0 Å². The van der Waals surface area contributed by atoms with Gasteiger partial charge >= 0.3 is 0 Å². The number of hydrogen-bond donors (Lipinski definition) is 1. The van der Waals surface area contributed by atoms with E-state index in [2.05, 4.69) is 0 Å². The Bertz CT molecular complexity index is 1220. The third kappa shape index (κ3) is 4.28. The van der Waals surface area contributed by atoms with Crippen molar-refractivity contribution in [1.82, 2.24) is 0 Å². The highest BCUT2D eigenvalue weighted by molar-refractivity contribution is 7.08. The van der Waals surface area contributed by atoms with Crippen molar-refractivity contribution >= 4 is 28.7 Å². The van der Waals surface area contributed by atoms with Gasteiger partial charge in [0.2, 0.25) is 0 Å². The van der Waals surface area contributed by atoms with Crippen LogP contribution in [0.5, 0.6) is 5.75 Å². The molecule has 1 amide bonds. The van der Waals surface area contributed by atoms with Crippen LogP contribution < -0.4 is 9.64 Å². The zero-order chi connectivity index (χ0) is 23.7. The lowest BCUT2D eigenvalue weighted by Gasteiger charge is -2.28. The Hall–Kier alpha value is -3.45. The second kappa shape index (κ2) is 9.19. The van der Waals surface area contributed by atoms with E-state index >= 15 is 0 Å². The molecule has 0 aliphatic carbocycles. The van der Waals surface area contributed by atoms with Gasteiger partial charge in [-0.1, -0.05) is 26.0 Å². The number of carbonyl (C=O) groups excluding carboxylic acids is 2. The fourth-order valence-corrected chi connectivity index (χ4v) is 4.75. The third-order valence-corrected chi connectivity index (χ3v) is 6.28. The Balaban J connectivity index is 1.83. The summed E-state index contributed by atoms with van der Waals surface area (Å²) in [5.74, 6) is -1.87. The van der Waals surface area contributed by atoms with E-state index in [4.69, 9.17) is 4.74 Å². The quantitative estimate of drug-likeness (QED) is 0.459. The SMILES string of the molecule is COc1cc(F)ccc1C1C(C(=O)CC(C)C)=C(O)C(=O)N1c1ccc(-c2ccsc2)cc1. The lowest BCUT2D eigenvalue weighted by Crippen LogP contribution is -2.31. The molecule has 5 nitrogen and oxygen atoms in total. The number of ether oxygens (including phenoxy) is 1. The number of aliphatic hydroxyl groups excluding tert-OH is 1. The van der Waals surface area contributed by atoms with Gasteiger partial charge in [0.05, 0.1) is 18.7 Å². The molecule has 1 unspecified atom stereocenters. The van der Waals surface area contributed by atoms with Gasteiger partial charge in [0.15, 0.2) is 11.5 Å². The van der Waals surface area contributed by atoms with Crippen molar-refractivity contribution in [1.29, 1.82) is 0 Å². The van der Waals surface area contributed by atoms with Crippen LogP contribution in [0.3, 0.4) is 0 Å². The van der Waals surface area contributed by atoms with E-state index < -0.39 is 23.5 Å². The second-order valence-electron chi connectivity index (χ2n) is 8.31. The Labute approximate surface area is 195 Å². The van der Waals surface area contributed by atoms with Crippen LogP contribution in [0.4, 0.5) is 10.1 Å². The van der Waals surface area contributed by atoms with Crippen molar-refractivity contribution in [3.05, 3.63) is 82.0 Å². The first-order valence-electron chi connectivity index (χ1n) is 10.6. The number of thiophene rings is 1. The summed E-state index contributed by atoms with van der Waals surface area (Å²) < 4.78 is 19.3. The molecule has 3 aromatic rings. The first-order chi connectivity index (χ1) is 15.8. The smallest absolute Gasteiger partial charge is 0.294 e. The van der Waals surface area contributed by atoms with Gasteiger partial charge in [0.1, 0.15) is 11.6 Å². The van der Waals surface area contributed by atoms with Crippen LogP contribution in [0.15, 0.2) is 70.6 Å². The maximum atomic E-state index is 13.9. The number of halogens is 1. The molecule has 2 aromatic carbocycles. The summed E-state index contributed by atoms with van der Waals surface area (Å²) in [5.41, 5.74) is 2.97. The molecule has 1 aliphatic rings. The van der Waals surface area contributed by atoms with Gasteiger partial charge in [-0.2, -0.15) is 11.3 Å². The molecule has 33 heavy (non-hydrogen) atoms. The van der Waals surface area contributed by atoms with Gasteiger partial charge in [-0.25, -0.2) is 4.39 Å². The third-order valence-electron chi connectivity index (χ3n) is 5.59. The summed E-state index contributed by atoms with van der Waals surface area (Å²) in [5, 5.41) is 14.8. The van der Waals surface area contributed by atoms with Crippen LogP contribution in [0, 0.1) is 11.7 Å². The summed E-state index contributed by atoms with van der Waals surface area (Å²) in [6.45, 7) is 3.78. The zero-order valence-electron chi connectivity index (χ0n) is 18.5. The van der Waals surface area contributed by atoms with Crippen molar-refractivity contribution in [3.63, 3.8) is 0 Å². The molecular formula is C26H24FNO4S. The highest BCUT2D eigenvalue weighted by atomic mass is 32.1. The van der Waals surface area contributed by atoms with E-state index in [1.807, 2.05) is 42.8 Å². The fraction of sp³-hybridized carbons (Fsp3) is 0.231. The van der Waals surface area contributed by atoms with Crippen LogP contribution in [-0.2, 0) is 9.59 Å². The van der Waals surface area contributed by atoms with Gasteiger partial charge in [-0.05, 0) is 58.1 Å². The highest BCUT2D eigenvalue weighted by Crippen LogP contribution is 2.45. The number of ketones is 1. The fourth-order valence-electron chi connectivity index (χ4n) is 4.09. The van der Waals surface area contributed by atoms with E-state index in [1.54, 1.807) is 23.5 Å². The van der Waals surface area contributed by atoms with Crippen LogP contribution >= 0.6 is 11.3 Å². The summed E-state index contributed by atoms with van der Waals surface area (Å²) in [6.07, 6.45) is 0.164. The number of Topliss-reactive ketones (excluding diaryl/α,β-unsaturated/α-hetero) is 1. The Kier molecular flexibility index (Phi) is 6.33. The minimum absolute atomic E-state index is 0.000481. The van der Waals surface area contributed by atoms with Gasteiger partial charge < -0.3 is 9.84 Å². The number of carbonyl (C=O) groups is 2. The molecule has 1 N–H and O–H groups in total. The monoisotopic (exact) mass is 465 g/mol. The topological polar surface area (TPSA) is 66.8 Å². The number of aliphatic hydroxyl groups is 1. The van der Waals surface area contributed by atoms with Crippen LogP contribution in [0.25, 0.3) is 11.1 Å². The Morgan fingerprint density at radius 2 is 1.88 bits per heavy atom. The molecule has 1 atom stereocenters. The molecule has 1 aromatic heterocycles. The minimum Gasteiger partial charge on any atom is -0.503 e. The molecule has 1 aliphatic heterocycles. The molecule has 7 heteroatoms. The number of amides is 1. The molecule has 0 fully saturated rings. The largest absolute Gasteiger partial charge is 0.503 e. The average Bonchev–Trinajstić information content (AvgIpc) is 3.41. The molecule has 0 saturated heterocycles. The standard InChI is InChI=1S/C26H24FNO4S/c1-15(2)12-21(29)23-24(20-9-6-18(27)13-22(20)32-3)28(26(31)25(23)30)19-7-4-16(5-8-19)17-10-11-33-14-17/h4-11,13-15,24,30H,12H2,1-3H3. The lowest BCUT2D eigenvalue weighted by molar-refractivity contribution is -0.118.